The number of benzene rings is 1. The summed E-state index contributed by atoms with van der Waals surface area (Å²) < 4.78 is 7.37. The summed E-state index contributed by atoms with van der Waals surface area (Å²) in [5.74, 6) is 0.00856. The molecule has 1 N–H and O–H groups in total. The molecule has 0 saturated heterocycles. The minimum Gasteiger partial charge on any atom is -0.496 e. The number of imidazole rings is 1. The number of para-hydroxylation sites is 1. The normalized spacial score (nSPS) is 11.4. The van der Waals surface area contributed by atoms with E-state index in [1.165, 1.54) is 0 Å². The van der Waals surface area contributed by atoms with Gasteiger partial charge in [-0.2, -0.15) is 0 Å². The molecule has 0 fully saturated rings. The second kappa shape index (κ2) is 8.73. The summed E-state index contributed by atoms with van der Waals surface area (Å²) in [7, 11) is 1.64. The number of carboxylic acids is 1. The average Bonchev–Trinajstić information content (AvgIpc) is 3.06. The highest BCUT2D eigenvalue weighted by Gasteiger charge is 2.10. The molecule has 2 rings (SSSR count). The fourth-order valence-electron chi connectivity index (χ4n) is 2.26. The van der Waals surface area contributed by atoms with Crippen molar-refractivity contribution in [2.45, 2.75) is 25.8 Å². The molecule has 0 amide bonds. The molecule has 23 heavy (non-hydrogen) atoms. The molecule has 6 nitrogen and oxygen atoms in total. The zero-order valence-electron chi connectivity index (χ0n) is 13.2. The third kappa shape index (κ3) is 5.25. The van der Waals surface area contributed by atoms with Crippen LogP contribution in [0.2, 0.25) is 0 Å². The predicted octanol–water partition coefficient (Wildman–Crippen LogP) is 2.64. The van der Waals surface area contributed by atoms with Gasteiger partial charge >= 0.3 is 5.97 Å². The van der Waals surface area contributed by atoms with E-state index in [9.17, 15) is 4.79 Å². The van der Waals surface area contributed by atoms with Crippen LogP contribution in [0, 0.1) is 0 Å². The number of aliphatic carboxylic acids is 1. The van der Waals surface area contributed by atoms with Crippen LogP contribution in [0.15, 0.2) is 48.0 Å². The van der Waals surface area contributed by atoms with Crippen molar-refractivity contribution in [1.82, 2.24) is 9.55 Å². The number of unbranched alkanes of at least 4 members (excludes halogenated alkanes) is 1. The fourth-order valence-corrected chi connectivity index (χ4v) is 2.26. The second-order valence-corrected chi connectivity index (χ2v) is 5.11. The standard InChI is InChI=1S/C17H21N3O3/c1-23-16-7-3-2-6-14(16)15(12-20-11-10-18-13-20)19-9-5-4-8-17(21)22/h2-3,6-7,10-11,13H,4-5,8-9,12H2,1H3,(H,21,22)/b19-15-. The summed E-state index contributed by atoms with van der Waals surface area (Å²) in [5, 5.41) is 8.68. The zero-order chi connectivity index (χ0) is 16.5. The van der Waals surface area contributed by atoms with Gasteiger partial charge in [-0.05, 0) is 25.0 Å². The quantitative estimate of drug-likeness (QED) is 0.570. The maximum Gasteiger partial charge on any atom is 0.303 e. The van der Waals surface area contributed by atoms with Crippen LogP contribution >= 0.6 is 0 Å². The Bertz CT molecular complexity index is 651. The van der Waals surface area contributed by atoms with Crippen LogP contribution in [0.4, 0.5) is 0 Å². The van der Waals surface area contributed by atoms with Crippen LogP contribution in [0.25, 0.3) is 0 Å². The summed E-state index contributed by atoms with van der Waals surface area (Å²) in [6.45, 7) is 1.19. The van der Waals surface area contributed by atoms with Crippen LogP contribution in [-0.4, -0.2) is 40.0 Å². The van der Waals surface area contributed by atoms with E-state index < -0.39 is 5.97 Å². The van der Waals surface area contributed by atoms with Gasteiger partial charge in [-0.1, -0.05) is 12.1 Å². The lowest BCUT2D eigenvalue weighted by Gasteiger charge is -2.12. The van der Waals surface area contributed by atoms with Crippen LogP contribution < -0.4 is 4.74 Å². The Morgan fingerprint density at radius 3 is 2.87 bits per heavy atom. The molecule has 1 aromatic heterocycles. The molecular weight excluding hydrogens is 294 g/mol. The van der Waals surface area contributed by atoms with Gasteiger partial charge in [0.2, 0.25) is 0 Å². The van der Waals surface area contributed by atoms with E-state index in [0.29, 0.717) is 19.5 Å². The van der Waals surface area contributed by atoms with Crippen LogP contribution in [0.5, 0.6) is 5.75 Å². The lowest BCUT2D eigenvalue weighted by Crippen LogP contribution is -2.12. The molecule has 0 aliphatic carbocycles. The Labute approximate surface area is 135 Å². The highest BCUT2D eigenvalue weighted by atomic mass is 16.5. The summed E-state index contributed by atoms with van der Waals surface area (Å²) in [6, 6.07) is 7.75. The number of nitrogens with zero attached hydrogens (tertiary/aromatic N) is 3. The monoisotopic (exact) mass is 315 g/mol. The lowest BCUT2D eigenvalue weighted by molar-refractivity contribution is -0.137. The van der Waals surface area contributed by atoms with E-state index >= 15 is 0 Å². The number of rotatable bonds is 9. The molecule has 0 aliphatic rings. The first kappa shape index (κ1) is 16.7. The van der Waals surface area contributed by atoms with Crippen molar-refractivity contribution in [1.29, 1.82) is 0 Å². The molecule has 1 heterocycles. The van der Waals surface area contributed by atoms with Gasteiger partial charge in [0.1, 0.15) is 5.75 Å². The number of carbonyl (C=O) groups is 1. The molecule has 6 heteroatoms. The number of carboxylic acid groups (broad SMARTS) is 1. The molecule has 2 aromatic rings. The predicted molar refractivity (Wildman–Crippen MR) is 88.1 cm³/mol. The molecule has 0 bridgehead atoms. The second-order valence-electron chi connectivity index (χ2n) is 5.11. The minimum atomic E-state index is -0.766. The SMILES string of the molecule is COc1ccccc1/C(Cn1ccnc1)=N\CCCCC(=O)O. The summed E-state index contributed by atoms with van der Waals surface area (Å²) >= 11 is 0. The first-order valence-corrected chi connectivity index (χ1v) is 7.55. The van der Waals surface area contributed by atoms with Crippen molar-refractivity contribution in [3.8, 4) is 5.75 Å². The molecule has 122 valence electrons. The van der Waals surface area contributed by atoms with Gasteiger partial charge in [-0.3, -0.25) is 9.79 Å². The van der Waals surface area contributed by atoms with Gasteiger partial charge < -0.3 is 14.4 Å². The van der Waals surface area contributed by atoms with Crippen molar-refractivity contribution in [3.63, 3.8) is 0 Å². The van der Waals surface area contributed by atoms with Gasteiger partial charge in [0.25, 0.3) is 0 Å². The van der Waals surface area contributed by atoms with Crippen molar-refractivity contribution in [3.05, 3.63) is 48.5 Å². The van der Waals surface area contributed by atoms with Crippen molar-refractivity contribution < 1.29 is 14.6 Å². The van der Waals surface area contributed by atoms with E-state index in [0.717, 1.165) is 23.4 Å². The first-order chi connectivity index (χ1) is 11.2. The molecule has 0 spiro atoms. The summed E-state index contributed by atoms with van der Waals surface area (Å²) in [5.41, 5.74) is 1.85. The number of aliphatic imine (C=N–C) groups is 1. The molecule has 0 radical (unpaired) electrons. The van der Waals surface area contributed by atoms with E-state index in [-0.39, 0.29) is 6.42 Å². The third-order valence-electron chi connectivity index (χ3n) is 3.41. The Balaban J connectivity index is 2.12. The largest absolute Gasteiger partial charge is 0.496 e. The Morgan fingerprint density at radius 1 is 1.35 bits per heavy atom. The smallest absolute Gasteiger partial charge is 0.303 e. The summed E-state index contributed by atoms with van der Waals surface area (Å²) in [4.78, 5) is 19.3. The van der Waals surface area contributed by atoms with E-state index in [4.69, 9.17) is 9.84 Å². The van der Waals surface area contributed by atoms with Gasteiger partial charge in [0.05, 0.1) is 25.7 Å². The average molecular weight is 315 g/mol. The Kier molecular flexibility index (Phi) is 6.35. The maximum atomic E-state index is 10.6. The van der Waals surface area contributed by atoms with Crippen LogP contribution in [-0.2, 0) is 11.3 Å². The third-order valence-corrected chi connectivity index (χ3v) is 3.41. The van der Waals surface area contributed by atoms with Crippen LogP contribution in [0.3, 0.4) is 0 Å². The van der Waals surface area contributed by atoms with E-state index in [2.05, 4.69) is 9.98 Å². The van der Waals surface area contributed by atoms with Gasteiger partial charge in [0.15, 0.2) is 0 Å². The summed E-state index contributed by atoms with van der Waals surface area (Å²) in [6.07, 6.45) is 6.91. The van der Waals surface area contributed by atoms with E-state index in [1.807, 2.05) is 35.0 Å². The highest BCUT2D eigenvalue weighted by molar-refractivity contribution is 6.02. The zero-order valence-corrected chi connectivity index (χ0v) is 13.2. The van der Waals surface area contributed by atoms with Crippen molar-refractivity contribution in [2.75, 3.05) is 13.7 Å². The van der Waals surface area contributed by atoms with Gasteiger partial charge in [-0.15, -0.1) is 0 Å². The number of methoxy groups -OCH3 is 1. The number of aromatic nitrogens is 2. The molecule has 1 aromatic carbocycles. The van der Waals surface area contributed by atoms with Crippen molar-refractivity contribution >= 4 is 11.7 Å². The molecule has 0 atom stereocenters. The Morgan fingerprint density at radius 2 is 2.17 bits per heavy atom. The maximum absolute atomic E-state index is 10.6. The Hall–Kier alpha value is -2.63. The number of ether oxygens (including phenoxy) is 1. The van der Waals surface area contributed by atoms with Gasteiger partial charge in [0, 0.05) is 30.9 Å². The first-order valence-electron chi connectivity index (χ1n) is 7.55. The lowest BCUT2D eigenvalue weighted by atomic mass is 10.1. The molecule has 0 unspecified atom stereocenters. The minimum absolute atomic E-state index is 0.182. The molecular formula is C17H21N3O3. The van der Waals surface area contributed by atoms with Crippen molar-refractivity contribution in [2.24, 2.45) is 4.99 Å². The molecule has 0 aliphatic heterocycles. The van der Waals surface area contributed by atoms with E-state index in [1.54, 1.807) is 19.6 Å². The fraction of sp³-hybridized carbons (Fsp3) is 0.353. The highest BCUT2D eigenvalue weighted by Crippen LogP contribution is 2.19. The molecule has 0 saturated carbocycles. The topological polar surface area (TPSA) is 76.7 Å². The van der Waals surface area contributed by atoms with Gasteiger partial charge in [-0.25, -0.2) is 4.98 Å². The number of hydrogen-bond acceptors (Lipinski definition) is 4. The van der Waals surface area contributed by atoms with Crippen LogP contribution in [0.1, 0.15) is 24.8 Å². The number of hydrogen-bond donors (Lipinski definition) is 1.